The third-order valence-electron chi connectivity index (χ3n) is 2.70. The average molecular weight is 238 g/mol. The lowest BCUT2D eigenvalue weighted by molar-refractivity contribution is 0.446. The summed E-state index contributed by atoms with van der Waals surface area (Å²) in [6.07, 6.45) is 4.93. The molecule has 1 aliphatic heterocycles. The molecule has 1 saturated heterocycles. The lowest BCUT2D eigenvalue weighted by Gasteiger charge is -2.32. The predicted molar refractivity (Wildman–Crippen MR) is 68.6 cm³/mol. The minimum Gasteiger partial charge on any atom is -0.360 e. The quantitative estimate of drug-likeness (QED) is 0.854. The van der Waals surface area contributed by atoms with Gasteiger partial charge >= 0.3 is 0 Å². The molecule has 88 valence electrons. The molecule has 0 spiro atoms. The Kier molecular flexibility index (Phi) is 3.23. The molecule has 1 N–H and O–H groups in total. The standard InChI is InChI=1S/C11H18N4S/c1-11(2)4-7-16-10(14-11)13-8-9-12-5-6-15(9)3/h5-6H,4,7-8H2,1-3H3,(H,13,14). The van der Waals surface area contributed by atoms with Gasteiger partial charge in [-0.1, -0.05) is 11.8 Å². The van der Waals surface area contributed by atoms with Crippen molar-refractivity contribution >= 4 is 16.9 Å². The number of aliphatic imine (C=N–C) groups is 1. The van der Waals surface area contributed by atoms with E-state index in [0.717, 1.165) is 16.7 Å². The summed E-state index contributed by atoms with van der Waals surface area (Å²) in [5.41, 5.74) is 0.172. The lowest BCUT2D eigenvalue weighted by Crippen LogP contribution is -2.46. The molecule has 4 nitrogen and oxygen atoms in total. The highest BCUT2D eigenvalue weighted by atomic mass is 32.2. The molecule has 0 saturated carbocycles. The van der Waals surface area contributed by atoms with Crippen molar-refractivity contribution in [3.05, 3.63) is 18.2 Å². The Morgan fingerprint density at radius 2 is 2.44 bits per heavy atom. The van der Waals surface area contributed by atoms with Gasteiger partial charge in [-0.25, -0.2) is 4.98 Å². The number of thioether (sulfide) groups is 1. The Bertz CT molecular complexity index is 394. The van der Waals surface area contributed by atoms with Gasteiger partial charge in [0.1, 0.15) is 5.82 Å². The monoisotopic (exact) mass is 238 g/mol. The SMILES string of the molecule is Cn1ccnc1CN=C1NC(C)(C)CCS1. The molecule has 2 rings (SSSR count). The third kappa shape index (κ3) is 2.78. The smallest absolute Gasteiger partial charge is 0.157 e. The summed E-state index contributed by atoms with van der Waals surface area (Å²) in [6, 6.07) is 0. The molecule has 16 heavy (non-hydrogen) atoms. The van der Waals surface area contributed by atoms with Crippen LogP contribution in [0.2, 0.25) is 0 Å². The fourth-order valence-corrected chi connectivity index (χ4v) is 2.88. The Balaban J connectivity index is 2.00. The summed E-state index contributed by atoms with van der Waals surface area (Å²) < 4.78 is 2.00. The van der Waals surface area contributed by atoms with E-state index in [9.17, 15) is 0 Å². The van der Waals surface area contributed by atoms with Crippen molar-refractivity contribution in [3.8, 4) is 0 Å². The van der Waals surface area contributed by atoms with Crippen molar-refractivity contribution in [3.63, 3.8) is 0 Å². The highest BCUT2D eigenvalue weighted by molar-refractivity contribution is 8.13. The summed E-state index contributed by atoms with van der Waals surface area (Å²) in [7, 11) is 1.99. The number of rotatable bonds is 2. The first kappa shape index (κ1) is 11.5. The first-order valence-corrected chi connectivity index (χ1v) is 6.47. The molecule has 0 atom stereocenters. The van der Waals surface area contributed by atoms with Crippen LogP contribution in [-0.4, -0.2) is 26.0 Å². The summed E-state index contributed by atoms with van der Waals surface area (Å²) in [4.78, 5) is 8.82. The van der Waals surface area contributed by atoms with Crippen LogP contribution >= 0.6 is 11.8 Å². The van der Waals surface area contributed by atoms with Gasteiger partial charge in [-0.15, -0.1) is 0 Å². The maximum absolute atomic E-state index is 4.57. The molecular formula is C11H18N4S. The zero-order chi connectivity index (χ0) is 11.6. The van der Waals surface area contributed by atoms with E-state index in [1.54, 1.807) is 18.0 Å². The van der Waals surface area contributed by atoms with E-state index < -0.39 is 0 Å². The topological polar surface area (TPSA) is 42.2 Å². The second kappa shape index (κ2) is 4.49. The number of nitrogens with zero attached hydrogens (tertiary/aromatic N) is 3. The predicted octanol–water partition coefficient (Wildman–Crippen LogP) is 1.78. The summed E-state index contributed by atoms with van der Waals surface area (Å²) in [5, 5.41) is 4.49. The van der Waals surface area contributed by atoms with Crippen molar-refractivity contribution < 1.29 is 0 Å². The highest BCUT2D eigenvalue weighted by Gasteiger charge is 2.23. The molecule has 0 amide bonds. The molecule has 0 aromatic carbocycles. The van der Waals surface area contributed by atoms with Gasteiger partial charge in [-0.05, 0) is 20.3 Å². The first-order valence-electron chi connectivity index (χ1n) is 5.48. The Morgan fingerprint density at radius 1 is 1.62 bits per heavy atom. The van der Waals surface area contributed by atoms with Gasteiger partial charge < -0.3 is 9.88 Å². The van der Waals surface area contributed by atoms with Gasteiger partial charge in [0.15, 0.2) is 5.17 Å². The van der Waals surface area contributed by atoms with Crippen LogP contribution in [0.5, 0.6) is 0 Å². The number of hydrogen-bond acceptors (Lipinski definition) is 3. The van der Waals surface area contributed by atoms with E-state index in [2.05, 4.69) is 29.1 Å². The molecule has 0 bridgehead atoms. The minimum atomic E-state index is 0.172. The van der Waals surface area contributed by atoms with Crippen LogP contribution in [0.25, 0.3) is 0 Å². The molecule has 0 radical (unpaired) electrons. The maximum atomic E-state index is 4.57. The van der Waals surface area contributed by atoms with E-state index >= 15 is 0 Å². The summed E-state index contributed by atoms with van der Waals surface area (Å²) in [6.45, 7) is 5.07. The summed E-state index contributed by atoms with van der Waals surface area (Å²) >= 11 is 1.80. The maximum Gasteiger partial charge on any atom is 0.157 e. The second-order valence-electron chi connectivity index (χ2n) is 4.68. The van der Waals surface area contributed by atoms with E-state index in [1.165, 1.54) is 6.42 Å². The number of amidine groups is 1. The van der Waals surface area contributed by atoms with Crippen LogP contribution < -0.4 is 5.32 Å². The Hall–Kier alpha value is -0.970. The highest BCUT2D eigenvalue weighted by Crippen LogP contribution is 2.21. The molecule has 5 heteroatoms. The molecule has 0 unspecified atom stereocenters. The van der Waals surface area contributed by atoms with E-state index in [1.807, 2.05) is 17.8 Å². The molecule has 0 aliphatic carbocycles. The van der Waals surface area contributed by atoms with Gasteiger partial charge in [-0.2, -0.15) is 0 Å². The van der Waals surface area contributed by atoms with Gasteiger partial charge in [0, 0.05) is 30.7 Å². The van der Waals surface area contributed by atoms with Crippen molar-refractivity contribution in [2.45, 2.75) is 32.4 Å². The van der Waals surface area contributed by atoms with Crippen LogP contribution in [0, 0.1) is 0 Å². The molecule has 1 fully saturated rings. The summed E-state index contributed by atoms with van der Waals surface area (Å²) in [5.74, 6) is 2.14. The van der Waals surface area contributed by atoms with Gasteiger partial charge in [0.25, 0.3) is 0 Å². The van der Waals surface area contributed by atoms with Crippen molar-refractivity contribution in [1.82, 2.24) is 14.9 Å². The largest absolute Gasteiger partial charge is 0.360 e. The van der Waals surface area contributed by atoms with E-state index in [-0.39, 0.29) is 5.54 Å². The van der Waals surface area contributed by atoms with Gasteiger partial charge in [-0.3, -0.25) is 4.99 Å². The van der Waals surface area contributed by atoms with Gasteiger partial charge in [0.05, 0.1) is 6.54 Å². The van der Waals surface area contributed by atoms with E-state index in [0.29, 0.717) is 6.54 Å². The minimum absolute atomic E-state index is 0.172. The van der Waals surface area contributed by atoms with Crippen LogP contribution in [0.1, 0.15) is 26.1 Å². The molecular weight excluding hydrogens is 220 g/mol. The number of aryl methyl sites for hydroxylation is 1. The Morgan fingerprint density at radius 3 is 3.06 bits per heavy atom. The normalized spacial score (nSPS) is 22.1. The zero-order valence-electron chi connectivity index (χ0n) is 10.0. The first-order chi connectivity index (χ1) is 7.57. The van der Waals surface area contributed by atoms with Crippen molar-refractivity contribution in [2.75, 3.05) is 5.75 Å². The zero-order valence-corrected chi connectivity index (χ0v) is 10.8. The average Bonchev–Trinajstić information content (AvgIpc) is 2.60. The number of imidazole rings is 1. The molecule has 1 aliphatic rings. The molecule has 2 heterocycles. The molecule has 1 aromatic rings. The fraction of sp³-hybridized carbons (Fsp3) is 0.636. The third-order valence-corrected chi connectivity index (χ3v) is 3.61. The van der Waals surface area contributed by atoms with Crippen LogP contribution in [0.15, 0.2) is 17.4 Å². The van der Waals surface area contributed by atoms with E-state index in [4.69, 9.17) is 0 Å². The van der Waals surface area contributed by atoms with Crippen molar-refractivity contribution in [1.29, 1.82) is 0 Å². The molecule has 1 aromatic heterocycles. The lowest BCUT2D eigenvalue weighted by atomic mass is 10.0. The fourth-order valence-electron chi connectivity index (χ4n) is 1.57. The van der Waals surface area contributed by atoms with Crippen LogP contribution in [0.4, 0.5) is 0 Å². The number of nitrogens with one attached hydrogen (secondary N) is 1. The van der Waals surface area contributed by atoms with Crippen LogP contribution in [-0.2, 0) is 13.6 Å². The van der Waals surface area contributed by atoms with Crippen molar-refractivity contribution in [2.24, 2.45) is 12.0 Å². The Labute approximate surface area is 101 Å². The second-order valence-corrected chi connectivity index (χ2v) is 5.77. The van der Waals surface area contributed by atoms with Crippen LogP contribution in [0.3, 0.4) is 0 Å². The van der Waals surface area contributed by atoms with Gasteiger partial charge in [0.2, 0.25) is 0 Å². The number of aromatic nitrogens is 2. The number of hydrogen-bond donors (Lipinski definition) is 1.